The van der Waals surface area contributed by atoms with Gasteiger partial charge in [0.2, 0.25) is 5.91 Å². The van der Waals surface area contributed by atoms with E-state index in [-0.39, 0.29) is 11.5 Å². The number of hydrogen-bond donors (Lipinski definition) is 1. The molecule has 0 aromatic carbocycles. The van der Waals surface area contributed by atoms with Gasteiger partial charge in [0.15, 0.2) is 0 Å². The lowest BCUT2D eigenvalue weighted by Gasteiger charge is -2.15. The van der Waals surface area contributed by atoms with Crippen LogP contribution in [0.4, 0.5) is 5.00 Å². The van der Waals surface area contributed by atoms with Crippen LogP contribution in [0.25, 0.3) is 0 Å². The molecule has 110 valence electrons. The second kappa shape index (κ2) is 6.45. The third kappa shape index (κ3) is 3.43. The molecule has 1 amide bonds. The second-order valence-corrected chi connectivity index (χ2v) is 5.31. The maximum atomic E-state index is 12.2. The smallest absolute Gasteiger partial charge is 0.340 e. The van der Waals surface area contributed by atoms with Gasteiger partial charge in [-0.25, -0.2) is 4.79 Å². The fraction of sp³-hybridized carbons (Fsp3) is 0.286. The number of aryl methyl sites for hydroxylation is 2. The number of pyridine rings is 1. The van der Waals surface area contributed by atoms with Gasteiger partial charge >= 0.3 is 5.97 Å². The van der Waals surface area contributed by atoms with Gasteiger partial charge in [0.1, 0.15) is 10.6 Å². The summed E-state index contributed by atoms with van der Waals surface area (Å²) in [4.78, 5) is 28.7. The maximum absolute atomic E-state index is 12.2. The van der Waals surface area contributed by atoms with Crippen molar-refractivity contribution in [2.75, 3.05) is 11.9 Å². The number of anilines is 1. The van der Waals surface area contributed by atoms with Crippen molar-refractivity contribution in [2.24, 2.45) is 0 Å². The molecular formula is C14H15N3O3S. The normalized spacial score (nSPS) is 10.4. The van der Waals surface area contributed by atoms with Gasteiger partial charge in [-0.1, -0.05) is 0 Å². The van der Waals surface area contributed by atoms with E-state index < -0.39 is 5.97 Å². The molecule has 7 heteroatoms. The number of carboxylic acid groups (broad SMARTS) is 1. The molecular weight excluding hydrogens is 290 g/mol. The molecule has 1 N–H and O–H groups in total. The maximum Gasteiger partial charge on any atom is 0.340 e. The van der Waals surface area contributed by atoms with E-state index in [1.165, 1.54) is 4.90 Å². The Morgan fingerprint density at radius 1 is 1.33 bits per heavy atom. The minimum absolute atomic E-state index is 0.0970. The molecule has 0 saturated carbocycles. The summed E-state index contributed by atoms with van der Waals surface area (Å²) in [5.41, 5.74) is 1.54. The van der Waals surface area contributed by atoms with Gasteiger partial charge in [-0.15, -0.1) is 0 Å². The van der Waals surface area contributed by atoms with Gasteiger partial charge in [-0.05, 0) is 42.6 Å². The molecule has 0 aliphatic heterocycles. The van der Waals surface area contributed by atoms with Crippen LogP contribution < -0.4 is 4.90 Å². The van der Waals surface area contributed by atoms with E-state index >= 15 is 0 Å². The van der Waals surface area contributed by atoms with Crippen molar-refractivity contribution in [2.45, 2.75) is 19.8 Å². The molecule has 0 atom stereocenters. The number of rotatable bonds is 5. The molecule has 0 aliphatic carbocycles. The summed E-state index contributed by atoms with van der Waals surface area (Å²) in [6.07, 6.45) is 4.25. The molecule has 0 radical (unpaired) electrons. The van der Waals surface area contributed by atoms with E-state index in [0.29, 0.717) is 23.5 Å². The number of carbonyl (C=O) groups excluding carboxylic acids is 1. The van der Waals surface area contributed by atoms with Gasteiger partial charge in [0.05, 0.1) is 5.69 Å². The highest BCUT2D eigenvalue weighted by atomic mass is 32.1. The van der Waals surface area contributed by atoms with Crippen LogP contribution in [0.3, 0.4) is 0 Å². The van der Waals surface area contributed by atoms with Crippen molar-refractivity contribution >= 4 is 28.4 Å². The van der Waals surface area contributed by atoms with E-state index in [2.05, 4.69) is 9.36 Å². The Labute approximate surface area is 126 Å². The Bertz CT molecular complexity index is 655. The van der Waals surface area contributed by atoms with Crippen LogP contribution in [0.2, 0.25) is 0 Å². The molecule has 21 heavy (non-hydrogen) atoms. The molecule has 2 aromatic rings. The van der Waals surface area contributed by atoms with Crippen LogP contribution in [-0.2, 0) is 11.2 Å². The SMILES string of the molecule is Cc1nsc(N(C)C(=O)CCc2ccncc2)c1C(=O)O. The molecule has 0 fully saturated rings. The third-order valence-electron chi connectivity index (χ3n) is 3.11. The summed E-state index contributed by atoms with van der Waals surface area (Å²) in [6, 6.07) is 3.71. The zero-order chi connectivity index (χ0) is 15.4. The number of amides is 1. The first kappa shape index (κ1) is 15.1. The van der Waals surface area contributed by atoms with E-state index in [1.54, 1.807) is 26.4 Å². The van der Waals surface area contributed by atoms with E-state index in [4.69, 9.17) is 0 Å². The number of carboxylic acids is 1. The summed E-state index contributed by atoms with van der Waals surface area (Å²) in [6.45, 7) is 1.62. The molecule has 2 aromatic heterocycles. The zero-order valence-corrected chi connectivity index (χ0v) is 12.6. The summed E-state index contributed by atoms with van der Waals surface area (Å²) in [5, 5.41) is 9.57. The van der Waals surface area contributed by atoms with E-state index in [9.17, 15) is 14.7 Å². The first-order valence-electron chi connectivity index (χ1n) is 6.35. The second-order valence-electron chi connectivity index (χ2n) is 4.56. The Kier molecular flexibility index (Phi) is 4.64. The third-order valence-corrected chi connectivity index (χ3v) is 4.13. The topological polar surface area (TPSA) is 83.4 Å². The summed E-state index contributed by atoms with van der Waals surface area (Å²) < 4.78 is 4.02. The van der Waals surface area contributed by atoms with Crippen molar-refractivity contribution in [1.82, 2.24) is 9.36 Å². The first-order valence-corrected chi connectivity index (χ1v) is 7.13. The van der Waals surface area contributed by atoms with Crippen LogP contribution in [0, 0.1) is 6.92 Å². The van der Waals surface area contributed by atoms with Crippen molar-refractivity contribution in [1.29, 1.82) is 0 Å². The predicted octanol–water partition coefficient (Wildman–Crippen LogP) is 2.14. The molecule has 0 aliphatic rings. The first-order chi connectivity index (χ1) is 10.0. The van der Waals surface area contributed by atoms with E-state index in [1.807, 2.05) is 12.1 Å². The van der Waals surface area contributed by atoms with Crippen molar-refractivity contribution in [3.8, 4) is 0 Å². The quantitative estimate of drug-likeness (QED) is 0.915. The Morgan fingerprint density at radius 2 is 2.00 bits per heavy atom. The number of carbonyl (C=O) groups is 2. The monoisotopic (exact) mass is 305 g/mol. The highest BCUT2D eigenvalue weighted by Gasteiger charge is 2.23. The van der Waals surface area contributed by atoms with Crippen LogP contribution in [-0.4, -0.2) is 33.4 Å². The lowest BCUT2D eigenvalue weighted by molar-refractivity contribution is -0.118. The lowest BCUT2D eigenvalue weighted by Crippen LogP contribution is -2.27. The van der Waals surface area contributed by atoms with Crippen LogP contribution in [0.15, 0.2) is 24.5 Å². The van der Waals surface area contributed by atoms with Crippen LogP contribution >= 0.6 is 11.5 Å². The number of nitrogens with zero attached hydrogens (tertiary/aromatic N) is 3. The minimum Gasteiger partial charge on any atom is -0.478 e. The van der Waals surface area contributed by atoms with Crippen molar-refractivity contribution in [3.63, 3.8) is 0 Å². The Balaban J connectivity index is 2.08. The highest BCUT2D eigenvalue weighted by Crippen LogP contribution is 2.28. The average molecular weight is 305 g/mol. The number of aromatic nitrogens is 2. The molecule has 2 rings (SSSR count). The summed E-state index contributed by atoms with van der Waals surface area (Å²) in [5.74, 6) is -1.21. The number of hydrogen-bond acceptors (Lipinski definition) is 5. The average Bonchev–Trinajstić information content (AvgIpc) is 2.87. The van der Waals surface area contributed by atoms with Gasteiger partial charge in [-0.2, -0.15) is 4.37 Å². The van der Waals surface area contributed by atoms with Gasteiger partial charge in [0, 0.05) is 25.9 Å². The van der Waals surface area contributed by atoms with E-state index in [0.717, 1.165) is 17.1 Å². The minimum atomic E-state index is -1.06. The summed E-state index contributed by atoms with van der Waals surface area (Å²) >= 11 is 1.03. The standard InChI is InChI=1S/C14H15N3O3S/c1-9-12(14(19)20)13(21-16-9)17(2)11(18)4-3-10-5-7-15-8-6-10/h5-8H,3-4H2,1-2H3,(H,19,20). The molecule has 6 nitrogen and oxygen atoms in total. The van der Waals surface area contributed by atoms with Crippen molar-refractivity contribution in [3.05, 3.63) is 41.3 Å². The van der Waals surface area contributed by atoms with Gasteiger partial charge < -0.3 is 10.0 Å². The number of aromatic carboxylic acids is 1. The molecule has 0 saturated heterocycles. The van der Waals surface area contributed by atoms with Crippen molar-refractivity contribution < 1.29 is 14.7 Å². The predicted molar refractivity (Wildman–Crippen MR) is 79.8 cm³/mol. The molecule has 0 unspecified atom stereocenters. The Hall–Kier alpha value is -2.28. The largest absolute Gasteiger partial charge is 0.478 e. The van der Waals surface area contributed by atoms with Crippen LogP contribution in [0.1, 0.15) is 28.0 Å². The summed E-state index contributed by atoms with van der Waals surface area (Å²) in [7, 11) is 1.58. The molecule has 0 spiro atoms. The fourth-order valence-corrected chi connectivity index (χ4v) is 2.78. The zero-order valence-electron chi connectivity index (χ0n) is 11.7. The Morgan fingerprint density at radius 3 is 2.62 bits per heavy atom. The lowest BCUT2D eigenvalue weighted by atomic mass is 10.1. The van der Waals surface area contributed by atoms with Crippen LogP contribution in [0.5, 0.6) is 0 Å². The fourth-order valence-electron chi connectivity index (χ4n) is 1.91. The van der Waals surface area contributed by atoms with Gasteiger partial charge in [0.25, 0.3) is 0 Å². The van der Waals surface area contributed by atoms with Gasteiger partial charge in [-0.3, -0.25) is 9.78 Å². The molecule has 0 bridgehead atoms. The molecule has 2 heterocycles. The highest BCUT2D eigenvalue weighted by molar-refractivity contribution is 7.11.